The van der Waals surface area contributed by atoms with Gasteiger partial charge in [-0.2, -0.15) is 0 Å². The van der Waals surface area contributed by atoms with Gasteiger partial charge in [-0.15, -0.1) is 0 Å². The van der Waals surface area contributed by atoms with Crippen molar-refractivity contribution in [2.75, 3.05) is 0 Å². The first-order valence-electron chi connectivity index (χ1n) is 7.92. The third kappa shape index (κ3) is 4.09. The van der Waals surface area contributed by atoms with Crippen LogP contribution in [-0.4, -0.2) is 34.0 Å². The Morgan fingerprint density at radius 2 is 1.25 bits per heavy atom. The SMILES string of the molecule is O=C(O)/C=C/C(=O)N(C1CCCCC1)C1CCCCC1. The predicted molar refractivity (Wildman–Crippen MR) is 77.4 cm³/mol. The summed E-state index contributed by atoms with van der Waals surface area (Å²) in [6.07, 6.45) is 13.8. The Hall–Kier alpha value is -1.32. The van der Waals surface area contributed by atoms with Crippen LogP contribution in [0.1, 0.15) is 64.2 Å². The van der Waals surface area contributed by atoms with E-state index in [9.17, 15) is 9.59 Å². The van der Waals surface area contributed by atoms with Crippen LogP contribution in [0.5, 0.6) is 0 Å². The van der Waals surface area contributed by atoms with Gasteiger partial charge in [-0.3, -0.25) is 4.79 Å². The van der Waals surface area contributed by atoms with E-state index in [1.165, 1.54) is 44.6 Å². The monoisotopic (exact) mass is 279 g/mol. The van der Waals surface area contributed by atoms with Crippen molar-refractivity contribution in [2.24, 2.45) is 0 Å². The zero-order chi connectivity index (χ0) is 14.4. The fraction of sp³-hybridized carbons (Fsp3) is 0.750. The van der Waals surface area contributed by atoms with Crippen LogP contribution < -0.4 is 0 Å². The van der Waals surface area contributed by atoms with Gasteiger partial charge in [0.15, 0.2) is 0 Å². The van der Waals surface area contributed by atoms with E-state index >= 15 is 0 Å². The first kappa shape index (κ1) is 15.1. The minimum atomic E-state index is -1.05. The second-order valence-electron chi connectivity index (χ2n) is 6.00. The fourth-order valence-corrected chi connectivity index (χ4v) is 3.61. The lowest BCUT2D eigenvalue weighted by molar-refractivity contribution is -0.134. The molecule has 0 aromatic rings. The maximum atomic E-state index is 12.4. The topological polar surface area (TPSA) is 57.6 Å². The summed E-state index contributed by atoms with van der Waals surface area (Å²) >= 11 is 0. The van der Waals surface area contributed by atoms with Gasteiger partial charge in [0.25, 0.3) is 0 Å². The number of rotatable bonds is 4. The highest BCUT2D eigenvalue weighted by molar-refractivity contribution is 5.94. The van der Waals surface area contributed by atoms with E-state index in [2.05, 4.69) is 0 Å². The maximum absolute atomic E-state index is 12.4. The molecule has 0 unspecified atom stereocenters. The Morgan fingerprint density at radius 1 is 0.800 bits per heavy atom. The number of carbonyl (C=O) groups is 2. The predicted octanol–water partition coefficient (Wildman–Crippen LogP) is 3.12. The van der Waals surface area contributed by atoms with Crippen molar-refractivity contribution in [2.45, 2.75) is 76.3 Å². The lowest BCUT2D eigenvalue weighted by atomic mass is 9.88. The van der Waals surface area contributed by atoms with Gasteiger partial charge in [-0.25, -0.2) is 4.79 Å². The molecule has 4 nitrogen and oxygen atoms in total. The van der Waals surface area contributed by atoms with E-state index in [0.29, 0.717) is 12.1 Å². The first-order valence-corrected chi connectivity index (χ1v) is 7.92. The number of carboxylic acids is 1. The Balaban J connectivity index is 2.09. The molecule has 0 atom stereocenters. The number of hydrogen-bond donors (Lipinski definition) is 1. The van der Waals surface area contributed by atoms with Crippen LogP contribution in [0.15, 0.2) is 12.2 Å². The number of nitrogens with zero attached hydrogens (tertiary/aromatic N) is 1. The number of carbonyl (C=O) groups excluding carboxylic acids is 1. The average Bonchev–Trinajstić information content (AvgIpc) is 2.48. The first-order chi connectivity index (χ1) is 9.68. The van der Waals surface area contributed by atoms with Gasteiger partial charge in [0.1, 0.15) is 0 Å². The number of aliphatic carboxylic acids is 1. The summed E-state index contributed by atoms with van der Waals surface area (Å²) in [5, 5.41) is 8.71. The zero-order valence-corrected chi connectivity index (χ0v) is 12.1. The smallest absolute Gasteiger partial charge is 0.328 e. The molecule has 2 fully saturated rings. The Kier molecular flexibility index (Phi) is 5.62. The molecule has 2 aliphatic carbocycles. The highest BCUT2D eigenvalue weighted by Crippen LogP contribution is 2.30. The molecule has 0 aromatic heterocycles. The number of carboxylic acid groups (broad SMARTS) is 1. The summed E-state index contributed by atoms with van der Waals surface area (Å²) in [6.45, 7) is 0. The molecule has 0 aromatic carbocycles. The lowest BCUT2D eigenvalue weighted by Gasteiger charge is -2.41. The van der Waals surface area contributed by atoms with E-state index in [1.54, 1.807) is 0 Å². The summed E-state index contributed by atoms with van der Waals surface area (Å²) < 4.78 is 0. The summed E-state index contributed by atoms with van der Waals surface area (Å²) in [5.74, 6) is -1.16. The van der Waals surface area contributed by atoms with Gasteiger partial charge < -0.3 is 10.0 Å². The molecular weight excluding hydrogens is 254 g/mol. The van der Waals surface area contributed by atoms with E-state index in [1.807, 2.05) is 4.90 Å². The van der Waals surface area contributed by atoms with Crippen LogP contribution in [0, 0.1) is 0 Å². The molecule has 1 amide bonds. The van der Waals surface area contributed by atoms with Crippen LogP contribution in [0.2, 0.25) is 0 Å². The molecule has 2 aliphatic rings. The highest BCUT2D eigenvalue weighted by Gasteiger charge is 2.31. The van der Waals surface area contributed by atoms with Crippen molar-refractivity contribution in [1.82, 2.24) is 4.90 Å². The summed E-state index contributed by atoms with van der Waals surface area (Å²) in [7, 11) is 0. The minimum Gasteiger partial charge on any atom is -0.478 e. The molecule has 0 bridgehead atoms. The van der Waals surface area contributed by atoms with Gasteiger partial charge in [0.05, 0.1) is 0 Å². The van der Waals surface area contributed by atoms with Crippen LogP contribution in [0.25, 0.3) is 0 Å². The van der Waals surface area contributed by atoms with Crippen molar-refractivity contribution < 1.29 is 14.7 Å². The molecule has 1 N–H and O–H groups in total. The molecule has 20 heavy (non-hydrogen) atoms. The Bertz CT molecular complexity index is 348. The second kappa shape index (κ2) is 7.46. The van der Waals surface area contributed by atoms with Crippen molar-refractivity contribution in [3.63, 3.8) is 0 Å². The van der Waals surface area contributed by atoms with Crippen molar-refractivity contribution in [1.29, 1.82) is 0 Å². The van der Waals surface area contributed by atoms with Gasteiger partial charge in [0.2, 0.25) is 5.91 Å². The second-order valence-corrected chi connectivity index (χ2v) is 6.00. The lowest BCUT2D eigenvalue weighted by Crippen LogP contribution is -2.48. The Labute approximate surface area is 120 Å². The third-order valence-corrected chi connectivity index (χ3v) is 4.56. The summed E-state index contributed by atoms with van der Waals surface area (Å²) in [5.41, 5.74) is 0. The fourth-order valence-electron chi connectivity index (χ4n) is 3.61. The van der Waals surface area contributed by atoms with Crippen molar-refractivity contribution in [3.8, 4) is 0 Å². The van der Waals surface area contributed by atoms with E-state index in [-0.39, 0.29) is 5.91 Å². The number of amides is 1. The van der Waals surface area contributed by atoms with Crippen LogP contribution >= 0.6 is 0 Å². The van der Waals surface area contributed by atoms with Gasteiger partial charge in [-0.05, 0) is 25.7 Å². The molecule has 0 heterocycles. The molecule has 2 saturated carbocycles. The van der Waals surface area contributed by atoms with E-state index in [0.717, 1.165) is 31.8 Å². The molecule has 0 radical (unpaired) electrons. The van der Waals surface area contributed by atoms with Crippen LogP contribution in [-0.2, 0) is 9.59 Å². The van der Waals surface area contributed by atoms with E-state index < -0.39 is 5.97 Å². The van der Waals surface area contributed by atoms with Gasteiger partial charge >= 0.3 is 5.97 Å². The largest absolute Gasteiger partial charge is 0.478 e. The van der Waals surface area contributed by atoms with Crippen LogP contribution in [0.4, 0.5) is 0 Å². The average molecular weight is 279 g/mol. The van der Waals surface area contributed by atoms with Gasteiger partial charge in [-0.1, -0.05) is 38.5 Å². The summed E-state index contributed by atoms with van der Waals surface area (Å²) in [6, 6.07) is 0.635. The van der Waals surface area contributed by atoms with Crippen LogP contribution in [0.3, 0.4) is 0 Å². The third-order valence-electron chi connectivity index (χ3n) is 4.56. The molecule has 0 saturated heterocycles. The minimum absolute atomic E-state index is 0.105. The molecule has 112 valence electrons. The molecule has 0 spiro atoms. The normalized spacial score (nSPS) is 22.0. The molecule has 4 heteroatoms. The zero-order valence-electron chi connectivity index (χ0n) is 12.1. The van der Waals surface area contributed by atoms with Gasteiger partial charge in [0, 0.05) is 24.2 Å². The van der Waals surface area contributed by atoms with Crippen molar-refractivity contribution >= 4 is 11.9 Å². The highest BCUT2D eigenvalue weighted by atomic mass is 16.4. The quantitative estimate of drug-likeness (QED) is 0.804. The molecule has 0 aliphatic heterocycles. The molecular formula is C16H25NO3. The van der Waals surface area contributed by atoms with Crippen molar-refractivity contribution in [3.05, 3.63) is 12.2 Å². The molecule has 2 rings (SSSR count). The van der Waals surface area contributed by atoms with E-state index in [4.69, 9.17) is 5.11 Å². The Morgan fingerprint density at radius 3 is 1.65 bits per heavy atom. The standard InChI is InChI=1S/C16H25NO3/c18-15(11-12-16(19)20)17(13-7-3-1-4-8-13)14-9-5-2-6-10-14/h11-14H,1-10H2,(H,19,20)/b12-11+. The maximum Gasteiger partial charge on any atom is 0.328 e. The summed E-state index contributed by atoms with van der Waals surface area (Å²) in [4.78, 5) is 25.1. The number of hydrogen-bond acceptors (Lipinski definition) is 2.